The number of hydrogen-bond donors (Lipinski definition) is 4. The molecule has 1 fully saturated rings. The van der Waals surface area contributed by atoms with Crippen molar-refractivity contribution < 1.29 is 44.2 Å². The van der Waals surface area contributed by atoms with Crippen LogP contribution in [0, 0.1) is 0 Å². The van der Waals surface area contributed by atoms with Gasteiger partial charge in [-0.05, 0) is 103 Å². The second-order valence-corrected chi connectivity index (χ2v) is 19.4. The maximum absolute atomic E-state index is 12.9. The smallest absolute Gasteiger partial charge is 0.306 e. The predicted molar refractivity (Wildman–Crippen MR) is 302 cm³/mol. The van der Waals surface area contributed by atoms with Gasteiger partial charge in [0, 0.05) is 13.0 Å². The zero-order valence-electron chi connectivity index (χ0n) is 45.6. The first-order valence-electron chi connectivity index (χ1n) is 29.0. The van der Waals surface area contributed by atoms with E-state index < -0.39 is 43.4 Å². The zero-order valence-corrected chi connectivity index (χ0v) is 45.6. The Morgan fingerprint density at radius 3 is 1.28 bits per heavy atom. The van der Waals surface area contributed by atoms with Crippen molar-refractivity contribution in [3.63, 3.8) is 0 Å². The highest BCUT2D eigenvalue weighted by Crippen LogP contribution is 2.23. The van der Waals surface area contributed by atoms with Crippen molar-refractivity contribution in [3.05, 3.63) is 109 Å². The summed E-state index contributed by atoms with van der Waals surface area (Å²) in [5.41, 5.74) is 0. The maximum atomic E-state index is 12.9. The molecular weight excluding hydrogens is 901 g/mol. The van der Waals surface area contributed by atoms with Gasteiger partial charge in [0.15, 0.2) is 6.29 Å². The molecule has 0 bridgehead atoms. The van der Waals surface area contributed by atoms with Crippen LogP contribution < -0.4 is 0 Å². The number of ether oxygens (including phenoxy) is 4. The molecule has 9 nitrogen and oxygen atoms in total. The van der Waals surface area contributed by atoms with Crippen LogP contribution in [0.25, 0.3) is 0 Å². The summed E-state index contributed by atoms with van der Waals surface area (Å²) in [6, 6.07) is 0. The van der Waals surface area contributed by atoms with Crippen LogP contribution in [-0.4, -0.2) is 89.6 Å². The van der Waals surface area contributed by atoms with Crippen LogP contribution in [0.3, 0.4) is 0 Å². The van der Waals surface area contributed by atoms with Crippen LogP contribution in [-0.2, 0) is 23.7 Å². The van der Waals surface area contributed by atoms with E-state index in [1.54, 1.807) is 0 Å². The van der Waals surface area contributed by atoms with Crippen LogP contribution in [0.15, 0.2) is 109 Å². The Morgan fingerprint density at radius 1 is 0.458 bits per heavy atom. The first kappa shape index (κ1) is 66.9. The molecule has 0 amide bonds. The average Bonchev–Trinajstić information content (AvgIpc) is 3.38. The zero-order chi connectivity index (χ0) is 52.1. The van der Waals surface area contributed by atoms with Crippen molar-refractivity contribution >= 4 is 5.97 Å². The summed E-state index contributed by atoms with van der Waals surface area (Å²) < 4.78 is 22.9. The highest BCUT2D eigenvalue weighted by molar-refractivity contribution is 5.69. The molecule has 1 heterocycles. The Balaban J connectivity index is 2.20. The van der Waals surface area contributed by atoms with Gasteiger partial charge in [0.05, 0.1) is 19.8 Å². The molecule has 0 radical (unpaired) electrons. The molecule has 9 heteroatoms. The van der Waals surface area contributed by atoms with Crippen LogP contribution in [0.5, 0.6) is 0 Å². The van der Waals surface area contributed by atoms with Gasteiger partial charge in [0.2, 0.25) is 0 Å². The molecule has 1 saturated heterocycles. The molecule has 6 unspecified atom stereocenters. The van der Waals surface area contributed by atoms with E-state index >= 15 is 0 Å². The number of hydrogen-bond acceptors (Lipinski definition) is 9. The Kier molecular flexibility index (Phi) is 48.9. The fraction of sp³-hybridized carbons (Fsp3) is 0.698. The third-order valence-corrected chi connectivity index (χ3v) is 12.7. The minimum Gasteiger partial charge on any atom is -0.457 e. The number of carbonyl (C=O) groups is 1. The topological polar surface area (TPSA) is 135 Å². The van der Waals surface area contributed by atoms with E-state index in [9.17, 15) is 25.2 Å². The van der Waals surface area contributed by atoms with Gasteiger partial charge < -0.3 is 39.4 Å². The number of allylic oxidation sites excluding steroid dienone is 18. The minimum atomic E-state index is -1.55. The first-order chi connectivity index (χ1) is 35.4. The summed E-state index contributed by atoms with van der Waals surface area (Å²) in [7, 11) is 0. The van der Waals surface area contributed by atoms with Gasteiger partial charge in [-0.25, -0.2) is 0 Å². The normalized spacial score (nSPS) is 19.6. The van der Waals surface area contributed by atoms with Crippen molar-refractivity contribution in [1.29, 1.82) is 0 Å². The third kappa shape index (κ3) is 42.2. The molecule has 1 aliphatic rings. The van der Waals surface area contributed by atoms with E-state index in [0.29, 0.717) is 13.0 Å². The average molecular weight is 1010 g/mol. The monoisotopic (exact) mass is 1010 g/mol. The van der Waals surface area contributed by atoms with E-state index in [4.69, 9.17) is 18.9 Å². The van der Waals surface area contributed by atoms with Gasteiger partial charge in [-0.3, -0.25) is 4.79 Å². The van der Waals surface area contributed by atoms with Gasteiger partial charge in [-0.15, -0.1) is 0 Å². The summed E-state index contributed by atoms with van der Waals surface area (Å²) in [6.07, 6.45) is 68.4. The van der Waals surface area contributed by atoms with Gasteiger partial charge in [0.25, 0.3) is 0 Å². The number of aliphatic hydroxyl groups excluding tert-OH is 4. The molecule has 4 N–H and O–H groups in total. The van der Waals surface area contributed by atoms with E-state index in [1.165, 1.54) is 89.9 Å². The Labute approximate surface area is 440 Å². The summed E-state index contributed by atoms with van der Waals surface area (Å²) in [6.45, 7) is 4.38. The summed E-state index contributed by atoms with van der Waals surface area (Å²) >= 11 is 0. The number of unbranched alkanes of at least 4 members (excludes halogenated alkanes) is 20. The van der Waals surface area contributed by atoms with Crippen LogP contribution in [0.4, 0.5) is 0 Å². The number of esters is 1. The first-order valence-corrected chi connectivity index (χ1v) is 29.0. The standard InChI is InChI=1S/C63H106O9/c1-3-5-7-9-11-13-15-17-19-21-23-25-27-29-30-32-34-36-38-40-42-44-46-48-50-52-59(65)71-57(56-70-63-62(68)61(67)60(66)58(54-64)72-63)55-69-53-51-49-47-45-43-41-39-37-35-33-31-28-26-24-22-20-18-16-14-12-10-8-6-4-2/h6,8,12,14-15,17-18,20-21,23-24,26-27,29,31,33,37,39,57-58,60-64,66-68H,3-5,7,9-11,13,16,19,22,25,28,30,32,34-36,38,40-56H2,1-2H3/b8-6-,14-12-,17-15-,20-18-,23-21-,26-24-,29-27-,33-31-,39-37-. The van der Waals surface area contributed by atoms with Crippen molar-refractivity contribution in [3.8, 4) is 0 Å². The second-order valence-electron chi connectivity index (χ2n) is 19.4. The van der Waals surface area contributed by atoms with Crippen molar-refractivity contribution in [2.24, 2.45) is 0 Å². The van der Waals surface area contributed by atoms with Crippen molar-refractivity contribution in [2.75, 3.05) is 26.4 Å². The van der Waals surface area contributed by atoms with E-state index in [2.05, 4.69) is 123 Å². The molecule has 0 aliphatic carbocycles. The quantitative estimate of drug-likeness (QED) is 0.0267. The van der Waals surface area contributed by atoms with Crippen molar-refractivity contribution in [1.82, 2.24) is 0 Å². The lowest BCUT2D eigenvalue weighted by molar-refractivity contribution is -0.305. The highest BCUT2D eigenvalue weighted by Gasteiger charge is 2.44. The number of carbonyl (C=O) groups excluding carboxylic acids is 1. The second kappa shape index (κ2) is 52.7. The molecule has 0 spiro atoms. The molecule has 72 heavy (non-hydrogen) atoms. The summed E-state index contributed by atoms with van der Waals surface area (Å²) in [5.74, 6) is -0.328. The van der Waals surface area contributed by atoms with Gasteiger partial charge in [-0.2, -0.15) is 0 Å². The molecule has 6 atom stereocenters. The lowest BCUT2D eigenvalue weighted by Gasteiger charge is -2.39. The number of rotatable bonds is 49. The lowest BCUT2D eigenvalue weighted by Crippen LogP contribution is -2.59. The molecule has 1 rings (SSSR count). The molecule has 0 aromatic rings. The van der Waals surface area contributed by atoms with Crippen LogP contribution in [0.1, 0.15) is 219 Å². The largest absolute Gasteiger partial charge is 0.457 e. The fourth-order valence-electron chi connectivity index (χ4n) is 8.21. The van der Waals surface area contributed by atoms with Gasteiger partial charge in [0.1, 0.15) is 30.5 Å². The van der Waals surface area contributed by atoms with E-state index in [1.807, 2.05) is 0 Å². The molecular formula is C63H106O9. The van der Waals surface area contributed by atoms with Crippen LogP contribution in [0.2, 0.25) is 0 Å². The van der Waals surface area contributed by atoms with E-state index in [-0.39, 0.29) is 19.2 Å². The fourth-order valence-corrected chi connectivity index (χ4v) is 8.21. The molecule has 0 aromatic heterocycles. The predicted octanol–water partition coefficient (Wildman–Crippen LogP) is 15.3. The minimum absolute atomic E-state index is 0.123. The molecule has 412 valence electrons. The van der Waals surface area contributed by atoms with Crippen molar-refractivity contribution in [2.45, 2.75) is 256 Å². The summed E-state index contributed by atoms with van der Waals surface area (Å²) in [5, 5.41) is 40.4. The highest BCUT2D eigenvalue weighted by atomic mass is 16.7. The SMILES string of the molecule is CC/C=C\C/C=C\C/C=C\C/C=C\C/C=C\C/C=C\CCCCCCCOCC(COC1OC(CO)C(O)C(O)C1O)OC(=O)CCCCCCCCCCCC/C=C\C/C=C\C/C=C\CCCCCCC. The molecule has 1 aliphatic heterocycles. The van der Waals surface area contributed by atoms with Gasteiger partial charge >= 0.3 is 5.97 Å². The Bertz CT molecular complexity index is 1470. The lowest BCUT2D eigenvalue weighted by atomic mass is 9.99. The number of aliphatic hydroxyl groups is 4. The Morgan fingerprint density at radius 2 is 0.847 bits per heavy atom. The molecule has 0 aromatic carbocycles. The van der Waals surface area contributed by atoms with E-state index in [0.717, 1.165) is 109 Å². The maximum Gasteiger partial charge on any atom is 0.306 e. The third-order valence-electron chi connectivity index (χ3n) is 12.7. The molecule has 0 saturated carbocycles. The Hall–Kier alpha value is -3.15. The van der Waals surface area contributed by atoms with Gasteiger partial charge in [-0.1, -0.05) is 220 Å². The van der Waals surface area contributed by atoms with Crippen LogP contribution >= 0.6 is 0 Å². The summed E-state index contributed by atoms with van der Waals surface area (Å²) in [4.78, 5) is 12.9.